The van der Waals surface area contributed by atoms with Crippen LogP contribution in [0.4, 0.5) is 4.39 Å². The highest BCUT2D eigenvalue weighted by molar-refractivity contribution is 5.85. The molecule has 0 amide bonds. The molecule has 1 aliphatic heterocycles. The minimum absolute atomic E-state index is 0.0560. The Morgan fingerprint density at radius 2 is 1.71 bits per heavy atom. The van der Waals surface area contributed by atoms with Gasteiger partial charge in [-0.05, 0) is 40.5 Å². The standard InChI is InChI=1S/C29H26FNO4/c30-29-24(12-6-14-27(29)34-18-28(32)33)25-15-21(35-26-13-4-3-11-23(25)26)17-31-16-20-9-5-8-19-7-1-2-10-22(19)20/h1-14,21,25,31H,15-18H2,(H,32,33). The van der Waals surface area contributed by atoms with Crippen molar-refractivity contribution in [3.05, 3.63) is 107 Å². The van der Waals surface area contributed by atoms with Crippen molar-refractivity contribution in [3.8, 4) is 11.5 Å². The van der Waals surface area contributed by atoms with E-state index in [2.05, 4.69) is 35.6 Å². The summed E-state index contributed by atoms with van der Waals surface area (Å²) in [6.07, 6.45) is 0.423. The predicted octanol–water partition coefficient (Wildman–Crippen LogP) is 5.52. The number of hydrogen-bond acceptors (Lipinski definition) is 4. The van der Waals surface area contributed by atoms with E-state index in [9.17, 15) is 4.79 Å². The Bertz CT molecular complexity index is 1350. The van der Waals surface area contributed by atoms with Gasteiger partial charge in [0.25, 0.3) is 0 Å². The average Bonchev–Trinajstić information content (AvgIpc) is 2.88. The lowest BCUT2D eigenvalue weighted by Crippen LogP contribution is -2.35. The number of halogens is 1. The van der Waals surface area contributed by atoms with Crippen molar-refractivity contribution in [1.29, 1.82) is 0 Å². The van der Waals surface area contributed by atoms with Crippen LogP contribution in [0.5, 0.6) is 11.5 Å². The number of carboxylic acid groups (broad SMARTS) is 1. The predicted molar refractivity (Wildman–Crippen MR) is 133 cm³/mol. The number of hydrogen-bond donors (Lipinski definition) is 2. The van der Waals surface area contributed by atoms with Gasteiger partial charge in [-0.3, -0.25) is 0 Å². The molecule has 5 nitrogen and oxygen atoms in total. The van der Waals surface area contributed by atoms with Crippen molar-refractivity contribution in [3.63, 3.8) is 0 Å². The second-order valence-electron chi connectivity index (χ2n) is 8.68. The summed E-state index contributed by atoms with van der Waals surface area (Å²) in [7, 11) is 0. The van der Waals surface area contributed by atoms with Gasteiger partial charge in [-0.25, -0.2) is 9.18 Å². The van der Waals surface area contributed by atoms with Gasteiger partial charge in [0.2, 0.25) is 0 Å². The van der Waals surface area contributed by atoms with E-state index >= 15 is 4.39 Å². The second kappa shape index (κ2) is 10.2. The number of para-hydroxylation sites is 1. The van der Waals surface area contributed by atoms with Crippen molar-refractivity contribution >= 4 is 16.7 Å². The van der Waals surface area contributed by atoms with Crippen LogP contribution in [0.3, 0.4) is 0 Å². The number of rotatable bonds is 8. The zero-order valence-electron chi connectivity index (χ0n) is 19.1. The van der Waals surface area contributed by atoms with Gasteiger partial charge in [-0.15, -0.1) is 0 Å². The molecule has 178 valence electrons. The van der Waals surface area contributed by atoms with Gasteiger partial charge < -0.3 is 19.9 Å². The molecule has 0 fully saturated rings. The molecule has 2 N–H and O–H groups in total. The number of carboxylic acids is 1. The molecule has 5 rings (SSSR count). The number of carbonyl (C=O) groups is 1. The van der Waals surface area contributed by atoms with E-state index in [-0.39, 0.29) is 17.8 Å². The van der Waals surface area contributed by atoms with Crippen molar-refractivity contribution in [2.75, 3.05) is 13.2 Å². The molecule has 0 saturated carbocycles. The Hall–Kier alpha value is -3.90. The third-order valence-corrected chi connectivity index (χ3v) is 6.37. The monoisotopic (exact) mass is 471 g/mol. The molecule has 0 aromatic heterocycles. The summed E-state index contributed by atoms with van der Waals surface area (Å²) in [6.45, 7) is 0.705. The molecular weight excluding hydrogens is 445 g/mol. The SMILES string of the molecule is O=C(O)COc1cccc(C2CC(CNCc3cccc4ccccc34)Oc3ccccc32)c1F. The van der Waals surface area contributed by atoms with Crippen LogP contribution in [-0.2, 0) is 11.3 Å². The minimum atomic E-state index is -1.15. The van der Waals surface area contributed by atoms with Gasteiger partial charge >= 0.3 is 5.97 Å². The van der Waals surface area contributed by atoms with E-state index < -0.39 is 18.4 Å². The summed E-state index contributed by atoms with van der Waals surface area (Å²) in [4.78, 5) is 10.9. The lowest BCUT2D eigenvalue weighted by molar-refractivity contribution is -0.139. The molecule has 0 radical (unpaired) electrons. The first-order valence-electron chi connectivity index (χ1n) is 11.7. The van der Waals surface area contributed by atoms with Crippen LogP contribution < -0.4 is 14.8 Å². The Morgan fingerprint density at radius 3 is 2.60 bits per heavy atom. The molecule has 2 atom stereocenters. The third kappa shape index (κ3) is 4.98. The van der Waals surface area contributed by atoms with Gasteiger partial charge in [0, 0.05) is 24.6 Å². The van der Waals surface area contributed by atoms with Crippen molar-refractivity contribution in [1.82, 2.24) is 5.32 Å². The third-order valence-electron chi connectivity index (χ3n) is 6.37. The molecule has 2 unspecified atom stereocenters. The number of benzene rings is 4. The van der Waals surface area contributed by atoms with Crippen LogP contribution in [0.25, 0.3) is 10.8 Å². The van der Waals surface area contributed by atoms with Crippen LogP contribution in [0.1, 0.15) is 29.0 Å². The van der Waals surface area contributed by atoms with E-state index in [0.29, 0.717) is 25.1 Å². The zero-order chi connectivity index (χ0) is 24.2. The summed E-state index contributed by atoms with van der Waals surface area (Å²) in [5.41, 5.74) is 2.60. The second-order valence-corrected chi connectivity index (χ2v) is 8.68. The molecule has 6 heteroatoms. The minimum Gasteiger partial charge on any atom is -0.489 e. The number of nitrogens with one attached hydrogen (secondary N) is 1. The largest absolute Gasteiger partial charge is 0.489 e. The highest BCUT2D eigenvalue weighted by Crippen LogP contribution is 2.42. The van der Waals surface area contributed by atoms with Gasteiger partial charge in [-0.1, -0.05) is 72.8 Å². The molecular formula is C29H26FNO4. The van der Waals surface area contributed by atoms with Crippen LogP contribution in [0.15, 0.2) is 84.9 Å². The van der Waals surface area contributed by atoms with Gasteiger partial charge in [0.15, 0.2) is 18.2 Å². The fourth-order valence-corrected chi connectivity index (χ4v) is 4.78. The van der Waals surface area contributed by atoms with Gasteiger partial charge in [-0.2, -0.15) is 0 Å². The molecule has 1 heterocycles. The van der Waals surface area contributed by atoms with Crippen molar-refractivity contribution in [2.24, 2.45) is 0 Å². The van der Waals surface area contributed by atoms with Crippen LogP contribution in [0.2, 0.25) is 0 Å². The lowest BCUT2D eigenvalue weighted by atomic mass is 9.83. The Kier molecular flexibility index (Phi) is 6.64. The molecule has 0 aliphatic carbocycles. The highest BCUT2D eigenvalue weighted by Gasteiger charge is 2.31. The number of aliphatic carboxylic acids is 1. The summed E-state index contributed by atoms with van der Waals surface area (Å²) in [5, 5.41) is 14.8. The number of ether oxygens (including phenoxy) is 2. The van der Waals surface area contributed by atoms with E-state index in [1.807, 2.05) is 36.4 Å². The summed E-state index contributed by atoms with van der Waals surface area (Å²) in [6, 6.07) is 27.1. The summed E-state index contributed by atoms with van der Waals surface area (Å²) in [5.74, 6) is -1.24. The molecule has 4 aromatic rings. The smallest absolute Gasteiger partial charge is 0.341 e. The molecule has 1 aliphatic rings. The van der Waals surface area contributed by atoms with Gasteiger partial charge in [0.1, 0.15) is 11.9 Å². The van der Waals surface area contributed by atoms with E-state index in [4.69, 9.17) is 14.6 Å². The normalized spacial score (nSPS) is 16.9. The van der Waals surface area contributed by atoms with Crippen molar-refractivity contribution < 1.29 is 23.8 Å². The van der Waals surface area contributed by atoms with E-state index in [1.54, 1.807) is 12.1 Å². The fraction of sp³-hybridized carbons (Fsp3) is 0.207. The first-order chi connectivity index (χ1) is 17.1. The number of fused-ring (bicyclic) bond motifs is 2. The molecule has 0 saturated heterocycles. The first-order valence-corrected chi connectivity index (χ1v) is 11.7. The van der Waals surface area contributed by atoms with E-state index in [0.717, 1.165) is 11.3 Å². The maximum Gasteiger partial charge on any atom is 0.341 e. The molecule has 0 spiro atoms. The fourth-order valence-electron chi connectivity index (χ4n) is 4.78. The highest BCUT2D eigenvalue weighted by atomic mass is 19.1. The molecule has 35 heavy (non-hydrogen) atoms. The Morgan fingerprint density at radius 1 is 0.971 bits per heavy atom. The van der Waals surface area contributed by atoms with Gasteiger partial charge in [0.05, 0.1) is 0 Å². The van der Waals surface area contributed by atoms with Crippen molar-refractivity contribution in [2.45, 2.75) is 25.0 Å². The lowest BCUT2D eigenvalue weighted by Gasteiger charge is -2.33. The zero-order valence-corrected chi connectivity index (χ0v) is 19.1. The quantitative estimate of drug-likeness (QED) is 0.354. The van der Waals surface area contributed by atoms with Crippen LogP contribution in [-0.4, -0.2) is 30.3 Å². The summed E-state index contributed by atoms with van der Waals surface area (Å²) < 4.78 is 26.8. The first kappa shape index (κ1) is 22.9. The van der Waals surface area contributed by atoms with E-state index in [1.165, 1.54) is 22.4 Å². The summed E-state index contributed by atoms with van der Waals surface area (Å²) >= 11 is 0. The maximum absolute atomic E-state index is 15.4. The Balaban J connectivity index is 1.35. The molecule has 4 aromatic carbocycles. The van der Waals surface area contributed by atoms with Crippen LogP contribution >= 0.6 is 0 Å². The molecule has 0 bridgehead atoms. The topological polar surface area (TPSA) is 67.8 Å². The average molecular weight is 472 g/mol. The Labute approximate surface area is 203 Å². The maximum atomic E-state index is 15.4. The van der Waals surface area contributed by atoms with Crippen LogP contribution in [0, 0.1) is 5.82 Å².